The lowest BCUT2D eigenvalue weighted by molar-refractivity contribution is 0.0510. The van der Waals surface area contributed by atoms with E-state index in [-0.39, 0.29) is 11.7 Å². The molecule has 0 atom stereocenters. The maximum absolute atomic E-state index is 11.2. The Balaban J connectivity index is 2.10. The Morgan fingerprint density at radius 2 is 2.08 bits per heavy atom. The van der Waals surface area contributed by atoms with E-state index in [1.54, 1.807) is 0 Å². The van der Waals surface area contributed by atoms with Gasteiger partial charge in [0.15, 0.2) is 0 Å². The molecule has 0 heterocycles. The molecule has 1 N–H and O–H groups in total. The monoisotopic (exact) mass is 185 g/mol. The third kappa shape index (κ3) is 4.15. The van der Waals surface area contributed by atoms with Crippen LogP contribution in [-0.4, -0.2) is 18.2 Å². The second kappa shape index (κ2) is 3.99. The van der Waals surface area contributed by atoms with Crippen LogP contribution < -0.4 is 5.32 Å². The summed E-state index contributed by atoms with van der Waals surface area (Å²) in [6, 6.07) is 0. The van der Waals surface area contributed by atoms with Gasteiger partial charge in [0, 0.05) is 6.54 Å². The minimum Gasteiger partial charge on any atom is -0.444 e. The highest BCUT2D eigenvalue weighted by molar-refractivity contribution is 5.67. The Bertz CT molecular complexity index is 180. The number of ether oxygens (including phenoxy) is 1. The summed E-state index contributed by atoms with van der Waals surface area (Å²) in [7, 11) is 0. The first-order chi connectivity index (χ1) is 5.97. The highest BCUT2D eigenvalue weighted by Gasteiger charge is 2.20. The third-order valence-corrected chi connectivity index (χ3v) is 2.16. The fourth-order valence-corrected chi connectivity index (χ4v) is 1.24. The van der Waals surface area contributed by atoms with E-state index in [9.17, 15) is 4.79 Å². The van der Waals surface area contributed by atoms with Gasteiger partial charge in [0.05, 0.1) is 0 Å². The maximum atomic E-state index is 11.2. The minimum atomic E-state index is -0.385. The van der Waals surface area contributed by atoms with E-state index >= 15 is 0 Å². The smallest absolute Gasteiger partial charge is 0.407 e. The number of hydrogen-bond acceptors (Lipinski definition) is 2. The van der Waals surface area contributed by atoms with Gasteiger partial charge in [0.2, 0.25) is 0 Å². The van der Waals surface area contributed by atoms with E-state index in [0.717, 1.165) is 6.54 Å². The minimum absolute atomic E-state index is 0.292. The average molecular weight is 185 g/mol. The summed E-state index contributed by atoms with van der Waals surface area (Å²) in [6.45, 7) is 6.39. The predicted octanol–water partition coefficient (Wildman–Crippen LogP) is 2.31. The normalized spacial score (nSPS) is 17.8. The second-order valence-electron chi connectivity index (χ2n) is 4.68. The standard InChI is InChI=1S/C10H19NO2/c1-10(2,3)13-9(12)11-7-8-5-4-6-8/h8H,4-7H2,1-3H3,(H,11,12). The van der Waals surface area contributed by atoms with E-state index in [4.69, 9.17) is 4.74 Å². The molecule has 1 fully saturated rings. The number of alkyl carbamates (subject to hydrolysis) is 1. The van der Waals surface area contributed by atoms with E-state index in [2.05, 4.69) is 5.32 Å². The molecule has 76 valence electrons. The highest BCUT2D eigenvalue weighted by Crippen LogP contribution is 2.25. The molecule has 0 radical (unpaired) electrons. The first-order valence-electron chi connectivity index (χ1n) is 4.94. The van der Waals surface area contributed by atoms with Crippen molar-refractivity contribution in [2.24, 2.45) is 5.92 Å². The molecule has 1 rings (SSSR count). The summed E-state index contributed by atoms with van der Waals surface area (Å²) in [5.41, 5.74) is -0.385. The average Bonchev–Trinajstić information content (AvgIpc) is 1.78. The first kappa shape index (κ1) is 10.4. The molecule has 0 bridgehead atoms. The van der Waals surface area contributed by atoms with Crippen LogP contribution in [0.1, 0.15) is 40.0 Å². The van der Waals surface area contributed by atoms with Gasteiger partial charge in [0.1, 0.15) is 5.60 Å². The van der Waals surface area contributed by atoms with Gasteiger partial charge in [-0.25, -0.2) is 4.79 Å². The molecular formula is C10H19NO2. The lowest BCUT2D eigenvalue weighted by Crippen LogP contribution is -2.36. The zero-order valence-corrected chi connectivity index (χ0v) is 8.72. The van der Waals surface area contributed by atoms with Crippen LogP contribution in [0, 0.1) is 5.92 Å². The number of rotatable bonds is 2. The van der Waals surface area contributed by atoms with Crippen LogP contribution >= 0.6 is 0 Å². The largest absolute Gasteiger partial charge is 0.444 e. The summed E-state index contributed by atoms with van der Waals surface area (Å²) < 4.78 is 5.11. The van der Waals surface area contributed by atoms with Crippen molar-refractivity contribution in [3.05, 3.63) is 0 Å². The van der Waals surface area contributed by atoms with Crippen LogP contribution in [-0.2, 0) is 4.74 Å². The van der Waals surface area contributed by atoms with Crippen molar-refractivity contribution >= 4 is 6.09 Å². The highest BCUT2D eigenvalue weighted by atomic mass is 16.6. The van der Waals surface area contributed by atoms with Crippen molar-refractivity contribution in [3.63, 3.8) is 0 Å². The van der Waals surface area contributed by atoms with Crippen molar-refractivity contribution < 1.29 is 9.53 Å². The topological polar surface area (TPSA) is 38.3 Å². The van der Waals surface area contributed by atoms with Gasteiger partial charge in [-0.3, -0.25) is 0 Å². The SMILES string of the molecule is CC(C)(C)OC(=O)NCC1CCC1. The summed E-state index contributed by atoms with van der Waals surface area (Å²) in [5.74, 6) is 0.688. The van der Waals surface area contributed by atoms with Crippen LogP contribution in [0.5, 0.6) is 0 Å². The summed E-state index contributed by atoms with van der Waals surface area (Å²) in [5, 5.41) is 2.78. The van der Waals surface area contributed by atoms with Gasteiger partial charge < -0.3 is 10.1 Å². The molecule has 0 aliphatic heterocycles. The summed E-state index contributed by atoms with van der Waals surface area (Å²) in [6.07, 6.45) is 3.51. The Labute approximate surface area is 79.8 Å². The molecule has 1 aliphatic carbocycles. The van der Waals surface area contributed by atoms with E-state index in [1.165, 1.54) is 19.3 Å². The van der Waals surface area contributed by atoms with Crippen molar-refractivity contribution in [1.29, 1.82) is 0 Å². The predicted molar refractivity (Wildman–Crippen MR) is 51.6 cm³/mol. The molecule has 1 amide bonds. The zero-order chi connectivity index (χ0) is 9.90. The van der Waals surface area contributed by atoms with E-state index in [0.29, 0.717) is 5.92 Å². The molecule has 1 aliphatic rings. The number of carbonyl (C=O) groups excluding carboxylic acids is 1. The molecule has 13 heavy (non-hydrogen) atoms. The Hall–Kier alpha value is -0.730. The number of carbonyl (C=O) groups is 1. The van der Waals surface area contributed by atoms with Crippen molar-refractivity contribution in [2.45, 2.75) is 45.6 Å². The van der Waals surface area contributed by atoms with Gasteiger partial charge in [-0.1, -0.05) is 6.42 Å². The molecule has 0 aromatic carbocycles. The quantitative estimate of drug-likeness (QED) is 0.717. The van der Waals surface area contributed by atoms with Crippen LogP contribution in [0.4, 0.5) is 4.79 Å². The molecule has 3 nitrogen and oxygen atoms in total. The van der Waals surface area contributed by atoms with Crippen molar-refractivity contribution in [1.82, 2.24) is 5.32 Å². The molecule has 3 heteroatoms. The third-order valence-electron chi connectivity index (χ3n) is 2.16. The Morgan fingerprint density at radius 1 is 1.46 bits per heavy atom. The van der Waals surface area contributed by atoms with E-state index in [1.807, 2.05) is 20.8 Å². The molecular weight excluding hydrogens is 166 g/mol. The van der Waals surface area contributed by atoms with Crippen LogP contribution in [0.2, 0.25) is 0 Å². The fourth-order valence-electron chi connectivity index (χ4n) is 1.24. The van der Waals surface area contributed by atoms with Crippen molar-refractivity contribution in [3.8, 4) is 0 Å². The number of amides is 1. The Kier molecular flexibility index (Phi) is 3.17. The van der Waals surface area contributed by atoms with Gasteiger partial charge in [-0.15, -0.1) is 0 Å². The van der Waals surface area contributed by atoms with Gasteiger partial charge >= 0.3 is 6.09 Å². The van der Waals surface area contributed by atoms with Gasteiger partial charge in [-0.2, -0.15) is 0 Å². The fraction of sp³-hybridized carbons (Fsp3) is 0.900. The molecule has 1 saturated carbocycles. The summed E-state index contributed by atoms with van der Waals surface area (Å²) >= 11 is 0. The van der Waals surface area contributed by atoms with Gasteiger partial charge in [-0.05, 0) is 39.5 Å². The summed E-state index contributed by atoms with van der Waals surface area (Å²) in [4.78, 5) is 11.2. The van der Waals surface area contributed by atoms with Crippen molar-refractivity contribution in [2.75, 3.05) is 6.54 Å². The molecule has 0 unspecified atom stereocenters. The Morgan fingerprint density at radius 3 is 2.46 bits per heavy atom. The number of hydrogen-bond donors (Lipinski definition) is 1. The maximum Gasteiger partial charge on any atom is 0.407 e. The first-order valence-corrected chi connectivity index (χ1v) is 4.94. The molecule has 0 spiro atoms. The second-order valence-corrected chi connectivity index (χ2v) is 4.68. The lowest BCUT2D eigenvalue weighted by Gasteiger charge is -2.26. The molecule has 0 saturated heterocycles. The van der Waals surface area contributed by atoms with Crippen LogP contribution in [0.15, 0.2) is 0 Å². The zero-order valence-electron chi connectivity index (χ0n) is 8.72. The molecule has 0 aromatic heterocycles. The number of nitrogens with one attached hydrogen (secondary N) is 1. The lowest BCUT2D eigenvalue weighted by atomic mass is 9.85. The molecule has 0 aromatic rings. The van der Waals surface area contributed by atoms with Gasteiger partial charge in [0.25, 0.3) is 0 Å². The van der Waals surface area contributed by atoms with Crippen LogP contribution in [0.25, 0.3) is 0 Å². The van der Waals surface area contributed by atoms with Crippen LogP contribution in [0.3, 0.4) is 0 Å². The van der Waals surface area contributed by atoms with E-state index < -0.39 is 0 Å².